The van der Waals surface area contributed by atoms with Gasteiger partial charge < -0.3 is 4.74 Å². The molecule has 1 saturated carbocycles. The van der Waals surface area contributed by atoms with Crippen LogP contribution in [-0.2, 0) is 4.74 Å². The second-order valence-electron chi connectivity index (χ2n) is 5.03. The van der Waals surface area contributed by atoms with Crippen LogP contribution in [0.4, 0.5) is 0 Å². The van der Waals surface area contributed by atoms with Gasteiger partial charge in [-0.15, -0.1) is 0 Å². The molecule has 4 heteroatoms. The maximum absolute atomic E-state index is 5.73. The van der Waals surface area contributed by atoms with Gasteiger partial charge in [-0.2, -0.15) is 0 Å². The van der Waals surface area contributed by atoms with Gasteiger partial charge in [-0.1, -0.05) is 25.3 Å². The van der Waals surface area contributed by atoms with Crippen LogP contribution >= 0.6 is 0 Å². The lowest BCUT2D eigenvalue weighted by Gasteiger charge is -2.34. The Balaban J connectivity index is 2.13. The molecule has 0 bridgehead atoms. The van der Waals surface area contributed by atoms with Crippen molar-refractivity contribution in [3.63, 3.8) is 0 Å². The lowest BCUT2D eigenvalue weighted by molar-refractivity contribution is 0.00742. The van der Waals surface area contributed by atoms with E-state index in [2.05, 4.69) is 10.4 Å². The molecule has 0 amide bonds. The van der Waals surface area contributed by atoms with Crippen molar-refractivity contribution in [2.45, 2.75) is 44.2 Å². The predicted molar refractivity (Wildman–Crippen MR) is 71.7 cm³/mol. The first-order valence-electron chi connectivity index (χ1n) is 6.75. The molecule has 0 radical (unpaired) electrons. The number of nitrogens with two attached hydrogens (primary N) is 1. The van der Waals surface area contributed by atoms with Gasteiger partial charge in [0.2, 0.25) is 0 Å². The molecular formula is C14H23N3O. The predicted octanol–water partition coefficient (Wildman–Crippen LogP) is 2.18. The molecule has 1 aromatic rings. The third kappa shape index (κ3) is 3.07. The molecule has 1 aliphatic rings. The van der Waals surface area contributed by atoms with E-state index in [0.29, 0.717) is 5.92 Å². The second-order valence-corrected chi connectivity index (χ2v) is 5.03. The fraction of sp³-hybridized carbons (Fsp3) is 0.643. The third-order valence-corrected chi connectivity index (χ3v) is 3.94. The minimum atomic E-state index is 0.0202. The van der Waals surface area contributed by atoms with Crippen molar-refractivity contribution in [2.24, 2.45) is 11.8 Å². The monoisotopic (exact) mass is 249 g/mol. The SMILES string of the molecule is COC(C1CCCCC1)C(NN)c1cccnc1. The number of hydrogen-bond donors (Lipinski definition) is 2. The van der Waals surface area contributed by atoms with Crippen LogP contribution in [0.3, 0.4) is 0 Å². The van der Waals surface area contributed by atoms with Gasteiger partial charge in [0.25, 0.3) is 0 Å². The summed E-state index contributed by atoms with van der Waals surface area (Å²) < 4.78 is 5.73. The van der Waals surface area contributed by atoms with Gasteiger partial charge in [0.15, 0.2) is 0 Å². The number of hydrogen-bond acceptors (Lipinski definition) is 4. The molecule has 1 aromatic heterocycles. The van der Waals surface area contributed by atoms with Crippen LogP contribution in [-0.4, -0.2) is 18.2 Å². The summed E-state index contributed by atoms with van der Waals surface area (Å²) in [7, 11) is 1.78. The summed E-state index contributed by atoms with van der Waals surface area (Å²) in [6, 6.07) is 4.01. The van der Waals surface area contributed by atoms with E-state index in [1.54, 1.807) is 13.3 Å². The highest BCUT2D eigenvalue weighted by atomic mass is 16.5. The van der Waals surface area contributed by atoms with Gasteiger partial charge in [0, 0.05) is 19.5 Å². The van der Waals surface area contributed by atoms with Crippen LogP contribution in [0.25, 0.3) is 0 Å². The maximum Gasteiger partial charge on any atom is 0.0807 e. The molecule has 2 unspecified atom stereocenters. The van der Waals surface area contributed by atoms with E-state index in [9.17, 15) is 0 Å². The van der Waals surface area contributed by atoms with Gasteiger partial charge >= 0.3 is 0 Å². The molecule has 0 aliphatic heterocycles. The average Bonchev–Trinajstić information content (AvgIpc) is 2.46. The summed E-state index contributed by atoms with van der Waals surface area (Å²) in [5.74, 6) is 6.32. The first-order valence-corrected chi connectivity index (χ1v) is 6.75. The zero-order valence-corrected chi connectivity index (χ0v) is 11.0. The number of hydrazine groups is 1. The molecule has 0 saturated heterocycles. The maximum atomic E-state index is 5.73. The number of methoxy groups -OCH3 is 1. The summed E-state index contributed by atoms with van der Waals surface area (Å²) in [4.78, 5) is 4.16. The first-order chi connectivity index (χ1) is 8.86. The summed E-state index contributed by atoms with van der Waals surface area (Å²) >= 11 is 0. The first kappa shape index (κ1) is 13.5. The zero-order chi connectivity index (χ0) is 12.8. The quantitative estimate of drug-likeness (QED) is 0.620. The number of nitrogens with zero attached hydrogens (tertiary/aromatic N) is 1. The fourth-order valence-electron chi connectivity index (χ4n) is 3.00. The molecule has 0 spiro atoms. The van der Waals surface area contributed by atoms with E-state index in [-0.39, 0.29) is 12.1 Å². The molecule has 3 N–H and O–H groups in total. The van der Waals surface area contributed by atoms with Gasteiger partial charge in [-0.25, -0.2) is 0 Å². The van der Waals surface area contributed by atoms with E-state index in [0.717, 1.165) is 5.56 Å². The Morgan fingerprint density at radius 2 is 2.17 bits per heavy atom. The van der Waals surface area contributed by atoms with Crippen LogP contribution in [0, 0.1) is 5.92 Å². The molecule has 2 rings (SSSR count). The molecule has 1 heterocycles. The van der Waals surface area contributed by atoms with Crippen molar-refractivity contribution < 1.29 is 4.74 Å². The highest BCUT2D eigenvalue weighted by Gasteiger charge is 2.31. The minimum absolute atomic E-state index is 0.0202. The average molecular weight is 249 g/mol. The summed E-state index contributed by atoms with van der Waals surface area (Å²) in [6.07, 6.45) is 10.2. The summed E-state index contributed by atoms with van der Waals surface area (Å²) in [5.41, 5.74) is 4.00. The van der Waals surface area contributed by atoms with E-state index >= 15 is 0 Å². The van der Waals surface area contributed by atoms with E-state index in [4.69, 9.17) is 10.6 Å². The molecule has 0 aromatic carbocycles. The smallest absolute Gasteiger partial charge is 0.0807 e. The van der Waals surface area contributed by atoms with Crippen LogP contribution in [0.2, 0.25) is 0 Å². The highest BCUT2D eigenvalue weighted by Crippen LogP contribution is 2.33. The summed E-state index contributed by atoms with van der Waals surface area (Å²) in [5, 5.41) is 0. The van der Waals surface area contributed by atoms with Gasteiger partial charge in [0.05, 0.1) is 12.1 Å². The standard InChI is InChI=1S/C14H23N3O/c1-18-14(11-6-3-2-4-7-11)13(17-15)12-8-5-9-16-10-12/h5,8-11,13-14,17H,2-4,6-7,15H2,1H3. The number of nitrogens with one attached hydrogen (secondary N) is 1. The Hall–Kier alpha value is -0.970. The van der Waals surface area contributed by atoms with Crippen molar-refractivity contribution in [3.8, 4) is 0 Å². The Kier molecular flexibility index (Phi) is 5.11. The van der Waals surface area contributed by atoms with Crippen LogP contribution in [0.5, 0.6) is 0 Å². The lowest BCUT2D eigenvalue weighted by atomic mass is 9.81. The molecular weight excluding hydrogens is 226 g/mol. The molecule has 100 valence electrons. The Bertz CT molecular complexity index is 338. The van der Waals surface area contributed by atoms with Gasteiger partial charge in [-0.3, -0.25) is 16.3 Å². The van der Waals surface area contributed by atoms with Crippen molar-refractivity contribution in [3.05, 3.63) is 30.1 Å². The van der Waals surface area contributed by atoms with Crippen molar-refractivity contribution in [2.75, 3.05) is 7.11 Å². The number of rotatable bonds is 5. The van der Waals surface area contributed by atoms with E-state index in [1.807, 2.05) is 18.3 Å². The zero-order valence-electron chi connectivity index (χ0n) is 11.0. The molecule has 1 fully saturated rings. The van der Waals surface area contributed by atoms with Crippen LogP contribution in [0.15, 0.2) is 24.5 Å². The van der Waals surface area contributed by atoms with Crippen LogP contribution in [0.1, 0.15) is 43.7 Å². The van der Waals surface area contributed by atoms with Crippen LogP contribution < -0.4 is 11.3 Å². The third-order valence-electron chi connectivity index (χ3n) is 3.94. The highest BCUT2D eigenvalue weighted by molar-refractivity contribution is 5.15. The van der Waals surface area contributed by atoms with Crippen molar-refractivity contribution in [1.29, 1.82) is 0 Å². The largest absolute Gasteiger partial charge is 0.379 e. The van der Waals surface area contributed by atoms with Gasteiger partial charge in [-0.05, 0) is 30.4 Å². The summed E-state index contributed by atoms with van der Waals surface area (Å²) in [6.45, 7) is 0. The number of pyridine rings is 1. The molecule has 18 heavy (non-hydrogen) atoms. The van der Waals surface area contributed by atoms with E-state index in [1.165, 1.54) is 32.1 Å². The minimum Gasteiger partial charge on any atom is -0.379 e. The molecule has 1 aliphatic carbocycles. The number of aromatic nitrogens is 1. The van der Waals surface area contributed by atoms with Gasteiger partial charge in [0.1, 0.15) is 0 Å². The Morgan fingerprint density at radius 3 is 2.72 bits per heavy atom. The lowest BCUT2D eigenvalue weighted by Crippen LogP contribution is -2.42. The Labute approximate surface area is 109 Å². The molecule has 2 atom stereocenters. The van der Waals surface area contributed by atoms with Crippen molar-refractivity contribution in [1.82, 2.24) is 10.4 Å². The molecule has 4 nitrogen and oxygen atoms in total. The fourth-order valence-corrected chi connectivity index (χ4v) is 3.00. The van der Waals surface area contributed by atoms with E-state index < -0.39 is 0 Å². The Morgan fingerprint density at radius 1 is 1.39 bits per heavy atom. The van der Waals surface area contributed by atoms with Crippen molar-refractivity contribution >= 4 is 0 Å². The number of ether oxygens (including phenoxy) is 1. The second kappa shape index (κ2) is 6.83. The topological polar surface area (TPSA) is 60.2 Å². The normalized spacial score (nSPS) is 20.6.